The fourth-order valence-corrected chi connectivity index (χ4v) is 1.41. The highest BCUT2D eigenvalue weighted by atomic mass is 16.5. The molecule has 0 atom stereocenters. The van der Waals surface area contributed by atoms with E-state index in [0.717, 1.165) is 29.4 Å². The van der Waals surface area contributed by atoms with Crippen molar-refractivity contribution in [2.75, 3.05) is 6.61 Å². The molecule has 0 saturated carbocycles. The Labute approximate surface area is 70.8 Å². The molecule has 2 rings (SSSR count). The molecule has 0 radical (unpaired) electrons. The van der Waals surface area contributed by atoms with Crippen LogP contribution in [0.15, 0.2) is 0 Å². The summed E-state index contributed by atoms with van der Waals surface area (Å²) in [6, 6.07) is 0. The molecule has 4 nitrogen and oxygen atoms in total. The molecule has 1 aliphatic rings. The first kappa shape index (κ1) is 7.49. The largest absolute Gasteiger partial charge is 0.489 e. The summed E-state index contributed by atoms with van der Waals surface area (Å²) in [5.41, 5.74) is 7.35. The van der Waals surface area contributed by atoms with Crippen LogP contribution < -0.4 is 10.5 Å². The smallest absolute Gasteiger partial charge is 0.163 e. The zero-order valence-corrected chi connectivity index (χ0v) is 7.00. The lowest BCUT2D eigenvalue weighted by Crippen LogP contribution is -2.05. The lowest BCUT2D eigenvalue weighted by molar-refractivity contribution is 0.351. The Bertz CT molecular complexity index is 311. The second-order valence-corrected chi connectivity index (χ2v) is 2.80. The maximum Gasteiger partial charge on any atom is 0.163 e. The zero-order chi connectivity index (χ0) is 8.55. The van der Waals surface area contributed by atoms with Crippen molar-refractivity contribution >= 4 is 0 Å². The quantitative estimate of drug-likeness (QED) is 0.644. The maximum atomic E-state index is 5.52. The van der Waals surface area contributed by atoms with E-state index in [1.54, 1.807) is 0 Å². The van der Waals surface area contributed by atoms with Gasteiger partial charge in [-0.25, -0.2) is 9.97 Å². The van der Waals surface area contributed by atoms with E-state index < -0.39 is 0 Å². The lowest BCUT2D eigenvalue weighted by atomic mass is 10.2. The molecule has 64 valence electrons. The highest BCUT2D eigenvalue weighted by Gasteiger charge is 2.18. The van der Waals surface area contributed by atoms with Crippen LogP contribution in [0.25, 0.3) is 0 Å². The molecule has 1 aromatic rings. The summed E-state index contributed by atoms with van der Waals surface area (Å²) in [4.78, 5) is 8.47. The first-order valence-corrected chi connectivity index (χ1v) is 4.00. The van der Waals surface area contributed by atoms with E-state index in [1.807, 2.05) is 6.92 Å². The summed E-state index contributed by atoms with van der Waals surface area (Å²) in [6.07, 6.45) is 0.881. The third-order valence-corrected chi connectivity index (χ3v) is 1.90. The van der Waals surface area contributed by atoms with E-state index in [2.05, 4.69) is 9.97 Å². The zero-order valence-electron chi connectivity index (χ0n) is 7.00. The number of hydrogen-bond donors (Lipinski definition) is 1. The predicted molar refractivity (Wildman–Crippen MR) is 43.9 cm³/mol. The fraction of sp³-hybridized carbons (Fsp3) is 0.500. The van der Waals surface area contributed by atoms with E-state index in [4.69, 9.17) is 10.5 Å². The topological polar surface area (TPSA) is 61.0 Å². The van der Waals surface area contributed by atoms with Crippen molar-refractivity contribution in [3.8, 4) is 5.75 Å². The van der Waals surface area contributed by atoms with Gasteiger partial charge in [-0.3, -0.25) is 0 Å². The average Bonchev–Trinajstić information content (AvgIpc) is 2.50. The molecular formula is C8H11N3O. The monoisotopic (exact) mass is 165 g/mol. The molecule has 4 heteroatoms. The average molecular weight is 165 g/mol. The van der Waals surface area contributed by atoms with Gasteiger partial charge in [0.15, 0.2) is 5.75 Å². The van der Waals surface area contributed by atoms with Crippen LogP contribution in [0.2, 0.25) is 0 Å². The third-order valence-electron chi connectivity index (χ3n) is 1.90. The van der Waals surface area contributed by atoms with Crippen molar-refractivity contribution < 1.29 is 4.74 Å². The van der Waals surface area contributed by atoms with Gasteiger partial charge in [0.05, 0.1) is 18.0 Å². The minimum absolute atomic E-state index is 0.422. The summed E-state index contributed by atoms with van der Waals surface area (Å²) in [5, 5.41) is 0. The van der Waals surface area contributed by atoms with Crippen LogP contribution >= 0.6 is 0 Å². The SMILES string of the molecule is Cc1nc(CN)c2c(n1)CCO2. The highest BCUT2D eigenvalue weighted by Crippen LogP contribution is 2.26. The van der Waals surface area contributed by atoms with Crippen molar-refractivity contribution in [2.45, 2.75) is 19.9 Å². The van der Waals surface area contributed by atoms with Crippen molar-refractivity contribution in [1.29, 1.82) is 0 Å². The van der Waals surface area contributed by atoms with Crippen molar-refractivity contribution in [1.82, 2.24) is 9.97 Å². The van der Waals surface area contributed by atoms with Gasteiger partial charge in [-0.15, -0.1) is 0 Å². The van der Waals surface area contributed by atoms with Crippen LogP contribution in [0.4, 0.5) is 0 Å². The van der Waals surface area contributed by atoms with Gasteiger partial charge < -0.3 is 10.5 Å². The number of nitrogens with two attached hydrogens (primary N) is 1. The summed E-state index contributed by atoms with van der Waals surface area (Å²) >= 11 is 0. The Balaban J connectivity index is 2.55. The first-order valence-electron chi connectivity index (χ1n) is 4.00. The number of rotatable bonds is 1. The number of ether oxygens (including phenoxy) is 1. The Morgan fingerprint density at radius 1 is 1.50 bits per heavy atom. The molecule has 12 heavy (non-hydrogen) atoms. The molecule has 0 aliphatic carbocycles. The van der Waals surface area contributed by atoms with E-state index in [9.17, 15) is 0 Å². The van der Waals surface area contributed by atoms with E-state index in [-0.39, 0.29) is 0 Å². The number of nitrogens with zero attached hydrogens (tertiary/aromatic N) is 2. The van der Waals surface area contributed by atoms with Gasteiger partial charge in [0.1, 0.15) is 5.82 Å². The Kier molecular flexibility index (Phi) is 1.69. The number of aromatic nitrogens is 2. The molecule has 2 N–H and O–H groups in total. The minimum Gasteiger partial charge on any atom is -0.489 e. The third kappa shape index (κ3) is 1.04. The van der Waals surface area contributed by atoms with Gasteiger partial charge in [-0.05, 0) is 6.92 Å². The Hall–Kier alpha value is -1.16. The molecule has 0 unspecified atom stereocenters. The van der Waals surface area contributed by atoms with Gasteiger partial charge in [-0.2, -0.15) is 0 Å². The molecule has 0 spiro atoms. The van der Waals surface area contributed by atoms with Crippen LogP contribution in [0.5, 0.6) is 5.75 Å². The molecule has 0 amide bonds. The van der Waals surface area contributed by atoms with Gasteiger partial charge in [0.25, 0.3) is 0 Å². The Morgan fingerprint density at radius 2 is 2.33 bits per heavy atom. The van der Waals surface area contributed by atoms with E-state index >= 15 is 0 Å². The van der Waals surface area contributed by atoms with E-state index in [0.29, 0.717) is 13.2 Å². The van der Waals surface area contributed by atoms with Crippen molar-refractivity contribution in [2.24, 2.45) is 5.73 Å². The molecule has 0 aromatic carbocycles. The second-order valence-electron chi connectivity index (χ2n) is 2.80. The van der Waals surface area contributed by atoms with Crippen molar-refractivity contribution in [3.63, 3.8) is 0 Å². The van der Waals surface area contributed by atoms with Gasteiger partial charge >= 0.3 is 0 Å². The van der Waals surface area contributed by atoms with E-state index in [1.165, 1.54) is 0 Å². The molecular weight excluding hydrogens is 154 g/mol. The summed E-state index contributed by atoms with van der Waals surface area (Å²) < 4.78 is 5.37. The second kappa shape index (κ2) is 2.71. The fourth-order valence-electron chi connectivity index (χ4n) is 1.41. The van der Waals surface area contributed by atoms with Gasteiger partial charge in [0, 0.05) is 13.0 Å². The van der Waals surface area contributed by atoms with Crippen LogP contribution in [0, 0.1) is 6.92 Å². The first-order chi connectivity index (χ1) is 5.81. The van der Waals surface area contributed by atoms with Crippen molar-refractivity contribution in [3.05, 3.63) is 17.2 Å². The molecule has 1 aromatic heterocycles. The summed E-state index contributed by atoms with van der Waals surface area (Å²) in [6.45, 7) is 3.00. The minimum atomic E-state index is 0.422. The summed E-state index contributed by atoms with van der Waals surface area (Å²) in [5.74, 6) is 1.59. The lowest BCUT2D eigenvalue weighted by Gasteiger charge is -2.04. The van der Waals surface area contributed by atoms with Crippen LogP contribution in [0.3, 0.4) is 0 Å². The molecule has 1 aliphatic heterocycles. The van der Waals surface area contributed by atoms with Gasteiger partial charge in [0.2, 0.25) is 0 Å². The number of aryl methyl sites for hydroxylation is 1. The van der Waals surface area contributed by atoms with Crippen LogP contribution in [-0.2, 0) is 13.0 Å². The number of hydrogen-bond acceptors (Lipinski definition) is 4. The maximum absolute atomic E-state index is 5.52. The predicted octanol–water partition coefficient (Wildman–Crippen LogP) is 0.179. The molecule has 0 bridgehead atoms. The molecule has 0 saturated heterocycles. The summed E-state index contributed by atoms with van der Waals surface area (Å²) in [7, 11) is 0. The standard InChI is InChI=1S/C8H11N3O/c1-5-10-6-2-3-12-8(6)7(4-9)11-5/h2-4,9H2,1H3. The molecule has 0 fully saturated rings. The Morgan fingerprint density at radius 3 is 3.08 bits per heavy atom. The molecule has 2 heterocycles. The van der Waals surface area contributed by atoms with Gasteiger partial charge in [-0.1, -0.05) is 0 Å². The normalized spacial score (nSPS) is 14.2. The highest BCUT2D eigenvalue weighted by molar-refractivity contribution is 5.35. The van der Waals surface area contributed by atoms with Crippen LogP contribution in [0.1, 0.15) is 17.2 Å². The number of fused-ring (bicyclic) bond motifs is 1. The van der Waals surface area contributed by atoms with Crippen LogP contribution in [-0.4, -0.2) is 16.6 Å².